The molecule has 0 bridgehead atoms. The minimum atomic E-state index is -0.141. The lowest BCUT2D eigenvalue weighted by Gasteiger charge is -2.32. The molecule has 2 aromatic heterocycles. The SMILES string of the molecule is Cc1cc(CC(=O)Nc2cnn(C(C)(C)C)c2)ccc1Oc1ccnc2ccc(OC3CCN(C4CC4)CC3)cc12. The second kappa shape index (κ2) is 11.2. The van der Waals surface area contributed by atoms with E-state index in [1.165, 1.54) is 12.8 Å². The van der Waals surface area contributed by atoms with Gasteiger partial charge in [-0.2, -0.15) is 5.10 Å². The molecule has 0 atom stereocenters. The molecule has 2 fully saturated rings. The van der Waals surface area contributed by atoms with E-state index in [1.54, 1.807) is 12.4 Å². The number of amides is 1. The van der Waals surface area contributed by atoms with Gasteiger partial charge in [0.15, 0.2) is 0 Å². The number of piperidine rings is 1. The molecule has 1 aliphatic carbocycles. The Hall–Kier alpha value is -3.91. The Kier molecular flexibility index (Phi) is 7.43. The number of fused-ring (bicyclic) bond motifs is 1. The fourth-order valence-corrected chi connectivity index (χ4v) is 5.45. The first-order chi connectivity index (χ1) is 19.7. The summed E-state index contributed by atoms with van der Waals surface area (Å²) < 4.78 is 14.6. The highest BCUT2D eigenvalue weighted by Crippen LogP contribution is 2.34. The van der Waals surface area contributed by atoms with Crippen molar-refractivity contribution >= 4 is 22.5 Å². The Balaban J connectivity index is 1.11. The Morgan fingerprint density at radius 3 is 2.54 bits per heavy atom. The molecule has 0 unspecified atom stereocenters. The lowest BCUT2D eigenvalue weighted by Crippen LogP contribution is -2.39. The van der Waals surface area contributed by atoms with E-state index in [9.17, 15) is 4.79 Å². The molecule has 41 heavy (non-hydrogen) atoms. The second-order valence-electron chi connectivity index (χ2n) is 12.3. The summed E-state index contributed by atoms with van der Waals surface area (Å²) in [7, 11) is 0. The molecule has 1 saturated carbocycles. The summed E-state index contributed by atoms with van der Waals surface area (Å²) in [5.74, 6) is 2.24. The summed E-state index contributed by atoms with van der Waals surface area (Å²) in [5, 5.41) is 8.21. The van der Waals surface area contributed by atoms with Gasteiger partial charge in [-0.3, -0.25) is 14.5 Å². The number of pyridine rings is 1. The fourth-order valence-electron chi connectivity index (χ4n) is 5.45. The average molecular weight is 554 g/mol. The van der Waals surface area contributed by atoms with Gasteiger partial charge in [-0.1, -0.05) is 12.1 Å². The number of carbonyl (C=O) groups excluding carboxylic acids is 1. The third-order valence-electron chi connectivity index (χ3n) is 7.89. The lowest BCUT2D eigenvalue weighted by molar-refractivity contribution is -0.115. The van der Waals surface area contributed by atoms with Crippen LogP contribution in [0.15, 0.2) is 61.1 Å². The summed E-state index contributed by atoms with van der Waals surface area (Å²) in [4.78, 5) is 19.8. The minimum Gasteiger partial charge on any atom is -0.490 e. The van der Waals surface area contributed by atoms with Gasteiger partial charge < -0.3 is 19.7 Å². The third kappa shape index (κ3) is 6.54. The Morgan fingerprint density at radius 2 is 1.83 bits per heavy atom. The monoisotopic (exact) mass is 553 g/mol. The number of carbonyl (C=O) groups is 1. The van der Waals surface area contributed by atoms with E-state index in [1.807, 2.05) is 60.3 Å². The first-order valence-corrected chi connectivity index (χ1v) is 14.6. The standard InChI is InChI=1S/C33H39N5O3/c1-22-17-23(18-32(39)36-24-20-35-38(21-24)33(2,3)4)5-10-30(22)41-31-11-14-34-29-9-8-27(19-28(29)31)40-26-12-15-37(16-13-26)25-6-7-25/h5,8-11,14,17,19-21,25-26H,6-7,12-13,15-16,18H2,1-4H3,(H,36,39). The van der Waals surface area contributed by atoms with Crippen LogP contribution in [0.4, 0.5) is 5.69 Å². The fraction of sp³-hybridized carbons (Fsp3) is 0.424. The maximum atomic E-state index is 12.7. The van der Waals surface area contributed by atoms with Crippen molar-refractivity contribution in [3.8, 4) is 17.2 Å². The zero-order valence-electron chi connectivity index (χ0n) is 24.4. The number of nitrogens with zero attached hydrogens (tertiary/aromatic N) is 4. The number of ether oxygens (including phenoxy) is 2. The Labute approximate surface area is 241 Å². The predicted octanol–water partition coefficient (Wildman–Crippen LogP) is 6.47. The molecule has 4 aromatic rings. The van der Waals surface area contributed by atoms with Crippen LogP contribution in [0.5, 0.6) is 17.2 Å². The van der Waals surface area contributed by atoms with Crippen LogP contribution in [0.1, 0.15) is 57.6 Å². The zero-order valence-corrected chi connectivity index (χ0v) is 24.4. The second-order valence-corrected chi connectivity index (χ2v) is 12.3. The first-order valence-electron chi connectivity index (χ1n) is 14.6. The van der Waals surface area contributed by atoms with Crippen LogP contribution in [0, 0.1) is 6.92 Å². The molecule has 0 spiro atoms. The number of hydrogen-bond donors (Lipinski definition) is 1. The molecule has 2 aliphatic rings. The predicted molar refractivity (Wildman–Crippen MR) is 161 cm³/mol. The van der Waals surface area contributed by atoms with Gasteiger partial charge >= 0.3 is 0 Å². The highest BCUT2D eigenvalue weighted by atomic mass is 16.5. The van der Waals surface area contributed by atoms with Crippen LogP contribution < -0.4 is 14.8 Å². The van der Waals surface area contributed by atoms with Crippen LogP contribution in [-0.4, -0.2) is 50.8 Å². The van der Waals surface area contributed by atoms with E-state index in [0.29, 0.717) is 5.69 Å². The lowest BCUT2D eigenvalue weighted by atomic mass is 10.1. The number of aromatic nitrogens is 3. The van der Waals surface area contributed by atoms with E-state index in [2.05, 4.69) is 41.1 Å². The smallest absolute Gasteiger partial charge is 0.228 e. The van der Waals surface area contributed by atoms with Gasteiger partial charge in [0, 0.05) is 36.9 Å². The van der Waals surface area contributed by atoms with Crippen molar-refractivity contribution in [2.45, 2.75) is 77.5 Å². The van der Waals surface area contributed by atoms with Crippen LogP contribution in [0.3, 0.4) is 0 Å². The van der Waals surface area contributed by atoms with E-state index >= 15 is 0 Å². The van der Waals surface area contributed by atoms with Crippen molar-refractivity contribution in [3.63, 3.8) is 0 Å². The van der Waals surface area contributed by atoms with Crippen LogP contribution in [0.25, 0.3) is 10.9 Å². The molecule has 1 saturated heterocycles. The van der Waals surface area contributed by atoms with Gasteiger partial charge in [-0.25, -0.2) is 0 Å². The minimum absolute atomic E-state index is 0.0857. The molecule has 214 valence electrons. The van der Waals surface area contributed by atoms with Crippen molar-refractivity contribution in [1.82, 2.24) is 19.7 Å². The zero-order chi connectivity index (χ0) is 28.6. The van der Waals surface area contributed by atoms with E-state index in [4.69, 9.17) is 9.47 Å². The van der Waals surface area contributed by atoms with Crippen LogP contribution in [-0.2, 0) is 16.8 Å². The highest BCUT2D eigenvalue weighted by molar-refractivity contribution is 5.92. The average Bonchev–Trinajstić information content (AvgIpc) is 3.68. The van der Waals surface area contributed by atoms with Crippen LogP contribution >= 0.6 is 0 Å². The highest BCUT2D eigenvalue weighted by Gasteiger charge is 2.32. The number of anilines is 1. The van der Waals surface area contributed by atoms with Gasteiger partial charge in [-0.05, 0) is 94.8 Å². The maximum Gasteiger partial charge on any atom is 0.228 e. The van der Waals surface area contributed by atoms with E-state index in [-0.39, 0.29) is 24.0 Å². The van der Waals surface area contributed by atoms with Gasteiger partial charge in [0.05, 0.1) is 29.4 Å². The van der Waals surface area contributed by atoms with Crippen LogP contribution in [0.2, 0.25) is 0 Å². The molecule has 2 aromatic carbocycles. The number of rotatable bonds is 8. The van der Waals surface area contributed by atoms with Gasteiger partial charge in [0.25, 0.3) is 0 Å². The Morgan fingerprint density at radius 1 is 1.02 bits per heavy atom. The molecule has 1 N–H and O–H groups in total. The van der Waals surface area contributed by atoms with Gasteiger partial charge in [0.1, 0.15) is 23.4 Å². The summed E-state index contributed by atoms with van der Waals surface area (Å²) >= 11 is 0. The van der Waals surface area contributed by atoms with Crippen molar-refractivity contribution in [2.75, 3.05) is 18.4 Å². The van der Waals surface area contributed by atoms with E-state index in [0.717, 1.165) is 71.3 Å². The molecular formula is C33H39N5O3. The number of hydrogen-bond acceptors (Lipinski definition) is 6. The quantitative estimate of drug-likeness (QED) is 0.269. The van der Waals surface area contributed by atoms with Crippen molar-refractivity contribution in [2.24, 2.45) is 0 Å². The topological polar surface area (TPSA) is 81.5 Å². The van der Waals surface area contributed by atoms with Gasteiger partial charge in [-0.15, -0.1) is 0 Å². The maximum absolute atomic E-state index is 12.7. The molecule has 6 rings (SSSR count). The molecule has 1 aliphatic heterocycles. The molecule has 3 heterocycles. The van der Waals surface area contributed by atoms with E-state index < -0.39 is 0 Å². The molecule has 1 amide bonds. The van der Waals surface area contributed by atoms with Gasteiger partial charge in [0.2, 0.25) is 5.91 Å². The third-order valence-corrected chi connectivity index (χ3v) is 7.89. The molecule has 8 nitrogen and oxygen atoms in total. The van der Waals surface area contributed by atoms with Crippen molar-refractivity contribution in [3.05, 3.63) is 72.2 Å². The summed E-state index contributed by atoms with van der Waals surface area (Å²) in [5.41, 5.74) is 3.28. The largest absolute Gasteiger partial charge is 0.490 e. The summed E-state index contributed by atoms with van der Waals surface area (Å²) in [6.07, 6.45) is 10.6. The Bertz CT molecular complexity index is 1540. The number of nitrogens with one attached hydrogen (secondary N) is 1. The first kappa shape index (κ1) is 27.3. The molecule has 0 radical (unpaired) electrons. The van der Waals surface area contributed by atoms with Crippen molar-refractivity contribution in [1.29, 1.82) is 0 Å². The molecular weight excluding hydrogens is 514 g/mol. The normalized spacial score (nSPS) is 16.6. The number of benzene rings is 2. The summed E-state index contributed by atoms with van der Waals surface area (Å²) in [6, 6.07) is 14.6. The number of likely N-dealkylation sites (tertiary alicyclic amines) is 1. The number of aryl methyl sites for hydroxylation is 1. The molecule has 8 heteroatoms. The summed E-state index contributed by atoms with van der Waals surface area (Å²) in [6.45, 7) is 10.4. The van der Waals surface area contributed by atoms with Crippen molar-refractivity contribution < 1.29 is 14.3 Å².